The Morgan fingerprint density at radius 1 is 1.13 bits per heavy atom. The van der Waals surface area contributed by atoms with E-state index in [1.807, 2.05) is 12.1 Å². The van der Waals surface area contributed by atoms with Gasteiger partial charge in [0.25, 0.3) is 11.1 Å². The van der Waals surface area contributed by atoms with Gasteiger partial charge in [-0.3, -0.25) is 29.3 Å². The molecule has 9 heteroatoms. The fraction of sp³-hybridized carbons (Fsp3) is 0.136. The minimum atomic E-state index is -0.422. The maximum absolute atomic E-state index is 12.7. The first-order chi connectivity index (χ1) is 15.0. The summed E-state index contributed by atoms with van der Waals surface area (Å²) in [4.78, 5) is 47.1. The second-order valence-electron chi connectivity index (χ2n) is 6.63. The molecule has 156 valence electrons. The summed E-state index contributed by atoms with van der Waals surface area (Å²) in [5.74, 6) is -0.126. The van der Waals surface area contributed by atoms with E-state index in [0.29, 0.717) is 27.4 Å². The van der Waals surface area contributed by atoms with Crippen molar-refractivity contribution in [3.8, 4) is 5.75 Å². The minimum absolute atomic E-state index is 0.00679. The number of imide groups is 1. The van der Waals surface area contributed by atoms with Crippen LogP contribution in [-0.4, -0.2) is 45.6 Å². The molecule has 1 fully saturated rings. The quantitative estimate of drug-likeness (QED) is 0.590. The maximum atomic E-state index is 12.7. The van der Waals surface area contributed by atoms with E-state index in [2.05, 4.69) is 15.3 Å². The molecular formula is C22H18N4O4S. The predicted molar refractivity (Wildman–Crippen MR) is 118 cm³/mol. The number of anilines is 1. The number of para-hydroxylation sites is 1. The van der Waals surface area contributed by atoms with E-state index in [-0.39, 0.29) is 18.9 Å². The summed E-state index contributed by atoms with van der Waals surface area (Å²) in [5.41, 5.74) is 2.66. The minimum Gasteiger partial charge on any atom is -0.496 e. The number of amides is 3. The third-order valence-electron chi connectivity index (χ3n) is 4.61. The van der Waals surface area contributed by atoms with E-state index in [1.54, 1.807) is 55.9 Å². The van der Waals surface area contributed by atoms with Gasteiger partial charge in [0.05, 0.1) is 23.0 Å². The Kier molecular flexibility index (Phi) is 5.94. The fourth-order valence-electron chi connectivity index (χ4n) is 3.10. The second kappa shape index (κ2) is 8.97. The van der Waals surface area contributed by atoms with Crippen molar-refractivity contribution < 1.29 is 19.1 Å². The molecule has 2 heterocycles. The van der Waals surface area contributed by atoms with Crippen LogP contribution in [0.5, 0.6) is 5.75 Å². The van der Waals surface area contributed by atoms with Gasteiger partial charge in [-0.2, -0.15) is 0 Å². The monoisotopic (exact) mass is 434 g/mol. The summed E-state index contributed by atoms with van der Waals surface area (Å²) in [6, 6.07) is 12.4. The Morgan fingerprint density at radius 3 is 2.71 bits per heavy atom. The van der Waals surface area contributed by atoms with Crippen LogP contribution in [-0.2, 0) is 9.59 Å². The summed E-state index contributed by atoms with van der Waals surface area (Å²) in [7, 11) is 1.54. The Labute approximate surface area is 182 Å². The molecule has 3 amide bonds. The van der Waals surface area contributed by atoms with Crippen LogP contribution in [0.1, 0.15) is 12.0 Å². The number of thioether (sulfide) groups is 1. The van der Waals surface area contributed by atoms with Gasteiger partial charge in [0.1, 0.15) is 5.75 Å². The zero-order chi connectivity index (χ0) is 21.8. The molecular weight excluding hydrogens is 416 g/mol. The van der Waals surface area contributed by atoms with Gasteiger partial charge < -0.3 is 10.1 Å². The van der Waals surface area contributed by atoms with Crippen molar-refractivity contribution in [1.82, 2.24) is 14.9 Å². The van der Waals surface area contributed by atoms with E-state index < -0.39 is 11.1 Å². The Bertz CT molecular complexity index is 1210. The number of aromatic nitrogens is 2. The van der Waals surface area contributed by atoms with Crippen LogP contribution in [0.25, 0.3) is 17.1 Å². The van der Waals surface area contributed by atoms with Crippen molar-refractivity contribution in [2.45, 2.75) is 6.42 Å². The predicted octanol–water partition coefficient (Wildman–Crippen LogP) is 3.70. The number of methoxy groups -OCH3 is 1. The molecule has 2 aromatic carbocycles. The number of hydrogen-bond donors (Lipinski definition) is 1. The molecule has 8 nitrogen and oxygen atoms in total. The molecule has 0 bridgehead atoms. The Balaban J connectivity index is 1.39. The number of carbonyl (C=O) groups is 3. The lowest BCUT2D eigenvalue weighted by Gasteiger charge is -2.12. The summed E-state index contributed by atoms with van der Waals surface area (Å²) >= 11 is 0.849. The highest BCUT2D eigenvalue weighted by Crippen LogP contribution is 2.34. The molecule has 1 aromatic heterocycles. The molecule has 1 aliphatic heterocycles. The molecule has 3 aromatic rings. The molecule has 4 rings (SSSR count). The summed E-state index contributed by atoms with van der Waals surface area (Å²) < 4.78 is 5.28. The molecule has 0 unspecified atom stereocenters. The van der Waals surface area contributed by atoms with E-state index in [1.165, 1.54) is 0 Å². The number of hydrogen-bond acceptors (Lipinski definition) is 7. The fourth-order valence-corrected chi connectivity index (χ4v) is 3.95. The highest BCUT2D eigenvalue weighted by atomic mass is 32.2. The van der Waals surface area contributed by atoms with E-state index in [9.17, 15) is 14.4 Å². The van der Waals surface area contributed by atoms with Gasteiger partial charge in [0, 0.05) is 36.6 Å². The Hall–Kier alpha value is -3.72. The molecule has 31 heavy (non-hydrogen) atoms. The molecule has 0 atom stereocenters. The lowest BCUT2D eigenvalue weighted by Crippen LogP contribution is -2.31. The van der Waals surface area contributed by atoms with Crippen molar-refractivity contribution >= 4 is 51.6 Å². The second-order valence-corrected chi connectivity index (χ2v) is 7.63. The molecule has 0 aliphatic carbocycles. The average molecular weight is 434 g/mol. The molecule has 0 spiro atoms. The number of rotatable bonds is 6. The lowest BCUT2D eigenvalue weighted by atomic mass is 10.2. The first-order valence-electron chi connectivity index (χ1n) is 9.44. The largest absolute Gasteiger partial charge is 0.496 e. The summed E-state index contributed by atoms with van der Waals surface area (Å²) in [6.45, 7) is -0.00679. The number of carbonyl (C=O) groups excluding carboxylic acids is 3. The van der Waals surface area contributed by atoms with Gasteiger partial charge >= 0.3 is 0 Å². The highest BCUT2D eigenvalue weighted by Gasteiger charge is 2.35. The van der Waals surface area contributed by atoms with E-state index in [0.717, 1.165) is 22.2 Å². The summed E-state index contributed by atoms with van der Waals surface area (Å²) in [6.07, 6.45) is 4.78. The van der Waals surface area contributed by atoms with Crippen LogP contribution >= 0.6 is 11.8 Å². The highest BCUT2D eigenvalue weighted by molar-refractivity contribution is 8.18. The maximum Gasteiger partial charge on any atom is 0.293 e. The van der Waals surface area contributed by atoms with Crippen LogP contribution in [0.4, 0.5) is 10.5 Å². The topological polar surface area (TPSA) is 101 Å². The van der Waals surface area contributed by atoms with Crippen LogP contribution in [0.3, 0.4) is 0 Å². The SMILES string of the molecule is COc1ccccc1/C=C1\SC(=O)N(CCC(=O)Nc2ccc3nccnc3c2)C1=O. The van der Waals surface area contributed by atoms with Crippen molar-refractivity contribution in [2.75, 3.05) is 19.0 Å². The molecule has 0 saturated carbocycles. The number of fused-ring (bicyclic) bond motifs is 1. The smallest absolute Gasteiger partial charge is 0.293 e. The first-order valence-corrected chi connectivity index (χ1v) is 10.3. The van der Waals surface area contributed by atoms with E-state index in [4.69, 9.17) is 4.74 Å². The van der Waals surface area contributed by atoms with Crippen molar-refractivity contribution in [2.24, 2.45) is 0 Å². The third kappa shape index (κ3) is 4.56. The number of ether oxygens (including phenoxy) is 1. The standard InChI is InChI=1S/C22H18N4O4S/c1-30-18-5-3-2-4-14(18)12-19-21(28)26(22(29)31-19)11-8-20(27)25-15-6-7-16-17(13-15)24-10-9-23-16/h2-7,9-10,12-13H,8,11H2,1H3,(H,25,27)/b19-12-. The number of benzene rings is 2. The van der Waals surface area contributed by atoms with Gasteiger partial charge in [0.15, 0.2) is 0 Å². The van der Waals surface area contributed by atoms with Crippen LogP contribution in [0.2, 0.25) is 0 Å². The zero-order valence-corrected chi connectivity index (χ0v) is 17.4. The first kappa shape index (κ1) is 20.5. The summed E-state index contributed by atoms with van der Waals surface area (Å²) in [5, 5.41) is 2.36. The van der Waals surface area contributed by atoms with Gasteiger partial charge in [0.2, 0.25) is 5.91 Å². The van der Waals surface area contributed by atoms with Gasteiger partial charge in [-0.15, -0.1) is 0 Å². The van der Waals surface area contributed by atoms with Crippen molar-refractivity contribution in [3.63, 3.8) is 0 Å². The van der Waals surface area contributed by atoms with Gasteiger partial charge in [-0.25, -0.2) is 0 Å². The van der Waals surface area contributed by atoms with Gasteiger partial charge in [-0.05, 0) is 42.1 Å². The molecule has 0 radical (unpaired) electrons. The molecule has 1 aliphatic rings. The van der Waals surface area contributed by atoms with E-state index >= 15 is 0 Å². The normalized spacial score (nSPS) is 15.0. The van der Waals surface area contributed by atoms with Crippen molar-refractivity contribution in [3.05, 3.63) is 65.3 Å². The van der Waals surface area contributed by atoms with Gasteiger partial charge in [-0.1, -0.05) is 18.2 Å². The zero-order valence-electron chi connectivity index (χ0n) is 16.6. The van der Waals surface area contributed by atoms with Crippen molar-refractivity contribution in [1.29, 1.82) is 0 Å². The number of nitrogens with zero attached hydrogens (tertiary/aromatic N) is 3. The molecule has 1 saturated heterocycles. The van der Waals surface area contributed by atoms with Crippen LogP contribution < -0.4 is 10.1 Å². The van der Waals surface area contributed by atoms with Crippen LogP contribution in [0, 0.1) is 0 Å². The number of nitrogens with one attached hydrogen (secondary N) is 1. The Morgan fingerprint density at radius 2 is 1.90 bits per heavy atom. The lowest BCUT2D eigenvalue weighted by molar-refractivity contribution is -0.123. The average Bonchev–Trinajstić information content (AvgIpc) is 3.05. The third-order valence-corrected chi connectivity index (χ3v) is 5.52. The molecule has 1 N–H and O–H groups in total. The van der Waals surface area contributed by atoms with Crippen LogP contribution in [0.15, 0.2) is 59.8 Å².